The Kier molecular flexibility index (Phi) is 3.15. The molecule has 3 heterocycles. The summed E-state index contributed by atoms with van der Waals surface area (Å²) >= 11 is 0. The van der Waals surface area contributed by atoms with Crippen LogP contribution >= 0.6 is 0 Å². The molecule has 23 heavy (non-hydrogen) atoms. The summed E-state index contributed by atoms with van der Waals surface area (Å²) < 4.78 is 13.4. The zero-order valence-corrected chi connectivity index (χ0v) is 12.5. The van der Waals surface area contributed by atoms with Gasteiger partial charge in [-0.3, -0.25) is 4.98 Å². The molecule has 4 rings (SSSR count). The topological polar surface area (TPSA) is 57.7 Å². The number of aromatic amines is 1. The van der Waals surface area contributed by atoms with E-state index in [0.29, 0.717) is 17.7 Å². The molecule has 4 aromatic rings. The Hall–Kier alpha value is -3.02. The standard InChI is InChI=1S/C17H14FN5/c1-23(9-12-4-2-3-7-19-12)17-15-13-6-5-11(18)8-14(13)22-16(15)20-10-21-17/h2-8,10H,9H2,1H3,(H,20,21,22). The van der Waals surface area contributed by atoms with E-state index < -0.39 is 0 Å². The number of aromatic nitrogens is 4. The SMILES string of the molecule is CN(Cc1ccccn1)c1ncnc2[nH]c3cc(F)ccc3c12. The third-order valence-electron chi connectivity index (χ3n) is 3.82. The van der Waals surface area contributed by atoms with Crippen molar-refractivity contribution < 1.29 is 4.39 Å². The smallest absolute Gasteiger partial charge is 0.143 e. The van der Waals surface area contributed by atoms with Crippen LogP contribution in [-0.2, 0) is 6.54 Å². The van der Waals surface area contributed by atoms with Gasteiger partial charge in [0, 0.05) is 18.6 Å². The van der Waals surface area contributed by atoms with Crippen LogP contribution in [0.5, 0.6) is 0 Å². The highest BCUT2D eigenvalue weighted by atomic mass is 19.1. The first kappa shape index (κ1) is 13.6. The lowest BCUT2D eigenvalue weighted by atomic mass is 10.2. The summed E-state index contributed by atoms with van der Waals surface area (Å²) in [5.74, 6) is 0.513. The van der Waals surface area contributed by atoms with E-state index in [9.17, 15) is 4.39 Å². The minimum atomic E-state index is -0.277. The molecule has 0 radical (unpaired) electrons. The number of hydrogen-bond acceptors (Lipinski definition) is 4. The Morgan fingerprint density at radius 3 is 2.87 bits per heavy atom. The number of rotatable bonds is 3. The van der Waals surface area contributed by atoms with Crippen molar-refractivity contribution in [2.24, 2.45) is 0 Å². The first-order valence-electron chi connectivity index (χ1n) is 7.25. The molecule has 0 aliphatic carbocycles. The predicted molar refractivity (Wildman–Crippen MR) is 87.7 cm³/mol. The summed E-state index contributed by atoms with van der Waals surface area (Å²) in [6.07, 6.45) is 3.28. The van der Waals surface area contributed by atoms with Crippen LogP contribution in [0, 0.1) is 5.82 Å². The van der Waals surface area contributed by atoms with Crippen molar-refractivity contribution >= 4 is 27.8 Å². The number of fused-ring (bicyclic) bond motifs is 3. The van der Waals surface area contributed by atoms with Gasteiger partial charge in [-0.15, -0.1) is 0 Å². The highest BCUT2D eigenvalue weighted by Crippen LogP contribution is 2.31. The van der Waals surface area contributed by atoms with Gasteiger partial charge in [0.1, 0.15) is 23.6 Å². The minimum absolute atomic E-state index is 0.277. The summed E-state index contributed by atoms with van der Waals surface area (Å²) in [6, 6.07) is 10.5. The molecule has 1 N–H and O–H groups in total. The Morgan fingerprint density at radius 2 is 2.04 bits per heavy atom. The largest absolute Gasteiger partial charge is 0.353 e. The van der Waals surface area contributed by atoms with E-state index in [1.165, 1.54) is 18.5 Å². The van der Waals surface area contributed by atoms with E-state index in [4.69, 9.17) is 0 Å². The van der Waals surface area contributed by atoms with Gasteiger partial charge in [-0.1, -0.05) is 6.07 Å². The molecule has 6 heteroatoms. The molecule has 0 aliphatic rings. The number of nitrogens with one attached hydrogen (secondary N) is 1. The minimum Gasteiger partial charge on any atom is -0.353 e. The number of pyridine rings is 1. The van der Waals surface area contributed by atoms with Crippen molar-refractivity contribution in [1.82, 2.24) is 19.9 Å². The highest BCUT2D eigenvalue weighted by Gasteiger charge is 2.15. The predicted octanol–water partition coefficient (Wildman–Crippen LogP) is 3.28. The molecule has 0 amide bonds. The molecule has 0 aliphatic heterocycles. The van der Waals surface area contributed by atoms with Crippen molar-refractivity contribution in [2.45, 2.75) is 6.54 Å². The Bertz CT molecular complexity index is 980. The fourth-order valence-electron chi connectivity index (χ4n) is 2.78. The number of hydrogen-bond donors (Lipinski definition) is 1. The highest BCUT2D eigenvalue weighted by molar-refractivity contribution is 6.11. The second-order valence-electron chi connectivity index (χ2n) is 5.41. The molecule has 0 saturated heterocycles. The van der Waals surface area contributed by atoms with E-state index in [2.05, 4.69) is 19.9 Å². The zero-order valence-electron chi connectivity index (χ0n) is 12.5. The number of anilines is 1. The molecule has 5 nitrogen and oxygen atoms in total. The first-order valence-corrected chi connectivity index (χ1v) is 7.25. The third-order valence-corrected chi connectivity index (χ3v) is 3.82. The Labute approximate surface area is 131 Å². The summed E-state index contributed by atoms with van der Waals surface area (Å²) in [7, 11) is 1.96. The number of halogens is 1. The van der Waals surface area contributed by atoms with Crippen LogP contribution in [0.1, 0.15) is 5.69 Å². The van der Waals surface area contributed by atoms with Crippen LogP contribution in [0.25, 0.3) is 21.9 Å². The lowest BCUT2D eigenvalue weighted by molar-refractivity contribution is 0.629. The van der Waals surface area contributed by atoms with Crippen molar-refractivity contribution in [3.8, 4) is 0 Å². The molecule has 0 unspecified atom stereocenters. The van der Waals surface area contributed by atoms with E-state index >= 15 is 0 Å². The van der Waals surface area contributed by atoms with E-state index in [0.717, 1.165) is 22.3 Å². The van der Waals surface area contributed by atoms with Crippen molar-refractivity contribution in [1.29, 1.82) is 0 Å². The maximum Gasteiger partial charge on any atom is 0.143 e. The average molecular weight is 307 g/mol. The van der Waals surface area contributed by atoms with Gasteiger partial charge in [0.25, 0.3) is 0 Å². The van der Waals surface area contributed by atoms with Gasteiger partial charge in [-0.05, 0) is 30.3 Å². The van der Waals surface area contributed by atoms with Gasteiger partial charge in [-0.25, -0.2) is 14.4 Å². The fourth-order valence-corrected chi connectivity index (χ4v) is 2.78. The fraction of sp³-hybridized carbons (Fsp3) is 0.118. The van der Waals surface area contributed by atoms with Gasteiger partial charge >= 0.3 is 0 Å². The Balaban J connectivity index is 1.84. The van der Waals surface area contributed by atoms with Gasteiger partial charge in [0.15, 0.2) is 0 Å². The molecular weight excluding hydrogens is 293 g/mol. The summed E-state index contributed by atoms with van der Waals surface area (Å²) in [6.45, 7) is 0.626. The summed E-state index contributed by atoms with van der Waals surface area (Å²) in [4.78, 5) is 18.2. The molecule has 0 bridgehead atoms. The molecule has 0 spiro atoms. The quantitative estimate of drug-likeness (QED) is 0.631. The zero-order chi connectivity index (χ0) is 15.8. The van der Waals surface area contributed by atoms with Crippen LogP contribution < -0.4 is 4.90 Å². The number of H-pyrrole nitrogens is 1. The monoisotopic (exact) mass is 307 g/mol. The van der Waals surface area contributed by atoms with Crippen molar-refractivity contribution in [3.63, 3.8) is 0 Å². The maximum absolute atomic E-state index is 13.4. The number of nitrogens with zero attached hydrogens (tertiary/aromatic N) is 4. The van der Waals surface area contributed by atoms with Crippen molar-refractivity contribution in [3.05, 3.63) is 60.4 Å². The van der Waals surface area contributed by atoms with Gasteiger partial charge < -0.3 is 9.88 Å². The molecule has 0 atom stereocenters. The van der Waals surface area contributed by atoms with Gasteiger partial charge in [-0.2, -0.15) is 0 Å². The van der Waals surface area contributed by atoms with Gasteiger partial charge in [0.05, 0.1) is 23.1 Å². The third kappa shape index (κ3) is 2.38. The molecule has 0 saturated carbocycles. The van der Waals surface area contributed by atoms with Crippen LogP contribution in [0.3, 0.4) is 0 Å². The first-order chi connectivity index (χ1) is 11.2. The summed E-state index contributed by atoms with van der Waals surface area (Å²) in [5.41, 5.74) is 2.36. The van der Waals surface area contributed by atoms with Crippen LogP contribution in [0.4, 0.5) is 10.2 Å². The lowest BCUT2D eigenvalue weighted by Gasteiger charge is -2.18. The molecule has 1 aromatic carbocycles. The van der Waals surface area contributed by atoms with E-state index in [1.54, 1.807) is 12.3 Å². The van der Waals surface area contributed by atoms with E-state index in [-0.39, 0.29) is 5.82 Å². The summed E-state index contributed by atoms with van der Waals surface area (Å²) in [5, 5.41) is 1.80. The van der Waals surface area contributed by atoms with E-state index in [1.807, 2.05) is 30.1 Å². The number of benzene rings is 1. The normalized spacial score (nSPS) is 11.2. The maximum atomic E-state index is 13.4. The Morgan fingerprint density at radius 1 is 1.13 bits per heavy atom. The average Bonchev–Trinajstić information content (AvgIpc) is 2.93. The van der Waals surface area contributed by atoms with Crippen LogP contribution in [0.15, 0.2) is 48.9 Å². The van der Waals surface area contributed by atoms with Crippen molar-refractivity contribution in [2.75, 3.05) is 11.9 Å². The second kappa shape index (κ2) is 5.31. The molecular formula is C17H14FN5. The lowest BCUT2D eigenvalue weighted by Crippen LogP contribution is -2.18. The van der Waals surface area contributed by atoms with Crippen LogP contribution in [-0.4, -0.2) is 27.0 Å². The second-order valence-corrected chi connectivity index (χ2v) is 5.41. The van der Waals surface area contributed by atoms with Crippen LogP contribution in [0.2, 0.25) is 0 Å². The van der Waals surface area contributed by atoms with Gasteiger partial charge in [0.2, 0.25) is 0 Å². The molecule has 114 valence electrons. The molecule has 0 fully saturated rings. The molecule has 3 aromatic heterocycles.